The van der Waals surface area contributed by atoms with Gasteiger partial charge in [0.05, 0.1) is 6.04 Å². The molecule has 1 saturated carbocycles. The van der Waals surface area contributed by atoms with Gasteiger partial charge in [0, 0.05) is 6.54 Å². The Morgan fingerprint density at radius 1 is 0.904 bits per heavy atom. The fraction of sp³-hybridized carbons (Fsp3) is 0.700. The standard InChI is InChI=1S/C28H39N5O7.C5H12.C3H8.2C2H6/c1-16(2)22(32-28(39)30-14-21(34)40-15-19-7-5-4-6-8-19)27(38)33-12-11-17(3)23(33)26(37)31-20(13-18-9-10-18)24(35)25(29)36;1-5(2,3)4;1-3-2;2*1-2/h4-8,16-18,20,22-23H,9-15H2,1-3H3,(H2,29,36)(H,31,37)(H2,30,32,39);1-4H3;3H2,1-2H3;2*1-2H3. The number of amides is 5. The van der Waals surface area contributed by atoms with Crippen molar-refractivity contribution < 1.29 is 33.5 Å². The van der Waals surface area contributed by atoms with E-state index in [1.54, 1.807) is 13.8 Å². The monoisotopic (exact) mass is 734 g/mol. The molecule has 1 aromatic rings. The molecular formula is C40H71N5O7. The molecule has 5 N–H and O–H groups in total. The maximum Gasteiger partial charge on any atom is 0.325 e. The number of nitrogens with zero attached hydrogens (tertiary/aromatic N) is 1. The topological polar surface area (TPSA) is 177 Å². The Labute approximate surface area is 314 Å². The molecule has 4 atom stereocenters. The van der Waals surface area contributed by atoms with Crippen molar-refractivity contribution in [2.45, 2.75) is 147 Å². The fourth-order valence-corrected chi connectivity index (χ4v) is 4.77. The van der Waals surface area contributed by atoms with Gasteiger partial charge in [-0.1, -0.05) is 140 Å². The number of esters is 1. The summed E-state index contributed by atoms with van der Waals surface area (Å²) in [5.74, 6) is -3.90. The summed E-state index contributed by atoms with van der Waals surface area (Å²) in [5.41, 5.74) is 6.50. The molecule has 1 aromatic carbocycles. The summed E-state index contributed by atoms with van der Waals surface area (Å²) in [6.45, 7) is 26.3. The minimum Gasteiger partial charge on any atom is -0.460 e. The van der Waals surface area contributed by atoms with Gasteiger partial charge in [-0.25, -0.2) is 4.79 Å². The van der Waals surface area contributed by atoms with E-state index in [1.165, 1.54) is 11.3 Å². The number of urea groups is 1. The van der Waals surface area contributed by atoms with Crippen molar-refractivity contribution in [1.82, 2.24) is 20.9 Å². The van der Waals surface area contributed by atoms with Crippen molar-refractivity contribution in [3.63, 3.8) is 0 Å². The largest absolute Gasteiger partial charge is 0.460 e. The lowest BCUT2D eigenvalue weighted by atomic mass is 9.98. The molecule has 12 heteroatoms. The van der Waals surface area contributed by atoms with Crippen LogP contribution in [0.5, 0.6) is 0 Å². The number of ether oxygens (including phenoxy) is 1. The van der Waals surface area contributed by atoms with E-state index < -0.39 is 53.6 Å². The number of carbonyl (C=O) groups is 6. The first-order valence-electron chi connectivity index (χ1n) is 19.1. The van der Waals surface area contributed by atoms with Gasteiger partial charge < -0.3 is 31.3 Å². The minimum absolute atomic E-state index is 0.0687. The molecule has 298 valence electrons. The van der Waals surface area contributed by atoms with E-state index in [-0.39, 0.29) is 37.5 Å². The number of benzene rings is 1. The molecule has 4 unspecified atom stereocenters. The molecule has 1 aliphatic heterocycles. The second-order valence-electron chi connectivity index (χ2n) is 14.6. The molecule has 5 amide bonds. The number of likely N-dealkylation sites (tertiary alicyclic amines) is 1. The van der Waals surface area contributed by atoms with Gasteiger partial charge in [-0.3, -0.25) is 24.0 Å². The first-order chi connectivity index (χ1) is 24.4. The summed E-state index contributed by atoms with van der Waals surface area (Å²) in [7, 11) is 0. The third-order valence-electron chi connectivity index (χ3n) is 7.25. The Morgan fingerprint density at radius 2 is 1.42 bits per heavy atom. The predicted octanol–water partition coefficient (Wildman–Crippen LogP) is 6.15. The van der Waals surface area contributed by atoms with E-state index in [4.69, 9.17) is 10.5 Å². The van der Waals surface area contributed by atoms with Crippen LogP contribution in [-0.2, 0) is 35.3 Å². The van der Waals surface area contributed by atoms with Crippen molar-refractivity contribution in [2.24, 2.45) is 28.9 Å². The maximum atomic E-state index is 13.6. The van der Waals surface area contributed by atoms with Crippen LogP contribution in [0.1, 0.15) is 128 Å². The van der Waals surface area contributed by atoms with Gasteiger partial charge in [-0.2, -0.15) is 0 Å². The van der Waals surface area contributed by atoms with Crippen LogP contribution in [0.15, 0.2) is 30.3 Å². The summed E-state index contributed by atoms with van der Waals surface area (Å²) in [6, 6.07) is 5.48. The van der Waals surface area contributed by atoms with Crippen molar-refractivity contribution in [2.75, 3.05) is 13.1 Å². The quantitative estimate of drug-likeness (QED) is 0.139. The van der Waals surface area contributed by atoms with Gasteiger partial charge in [0.1, 0.15) is 25.2 Å². The number of primary amides is 1. The highest BCUT2D eigenvalue weighted by molar-refractivity contribution is 6.37. The van der Waals surface area contributed by atoms with Crippen LogP contribution in [0.4, 0.5) is 4.79 Å². The smallest absolute Gasteiger partial charge is 0.325 e. The molecule has 12 nitrogen and oxygen atoms in total. The number of hydrogen-bond donors (Lipinski definition) is 4. The van der Waals surface area contributed by atoms with Crippen LogP contribution >= 0.6 is 0 Å². The molecule has 52 heavy (non-hydrogen) atoms. The molecule has 1 aliphatic carbocycles. The van der Waals surface area contributed by atoms with Gasteiger partial charge in [0.15, 0.2) is 0 Å². The molecule has 0 aromatic heterocycles. The highest BCUT2D eigenvalue weighted by atomic mass is 16.5. The van der Waals surface area contributed by atoms with Gasteiger partial charge in [0.2, 0.25) is 17.6 Å². The number of rotatable bonds is 13. The Hall–Kier alpha value is -3.96. The van der Waals surface area contributed by atoms with Crippen LogP contribution in [0, 0.1) is 23.2 Å². The van der Waals surface area contributed by atoms with E-state index in [1.807, 2.05) is 65.0 Å². The molecule has 0 radical (unpaired) electrons. The van der Waals surface area contributed by atoms with Crippen LogP contribution < -0.4 is 21.7 Å². The van der Waals surface area contributed by atoms with Gasteiger partial charge in [-0.15, -0.1) is 0 Å². The Morgan fingerprint density at radius 3 is 1.88 bits per heavy atom. The van der Waals surface area contributed by atoms with E-state index in [0.717, 1.165) is 18.4 Å². The summed E-state index contributed by atoms with van der Waals surface area (Å²) >= 11 is 0. The Balaban J connectivity index is 0. The molecule has 0 spiro atoms. The average molecular weight is 734 g/mol. The highest BCUT2D eigenvalue weighted by Gasteiger charge is 2.44. The Kier molecular flexibility index (Phi) is 25.8. The maximum absolute atomic E-state index is 13.6. The first-order valence-corrected chi connectivity index (χ1v) is 19.1. The number of ketones is 1. The number of nitrogens with one attached hydrogen (secondary N) is 3. The average Bonchev–Trinajstić information content (AvgIpc) is 3.83. The zero-order valence-corrected chi connectivity index (χ0v) is 34.4. The lowest BCUT2D eigenvalue weighted by Gasteiger charge is -2.32. The number of Topliss-reactive ketones (excluding diaryl/α,β-unsaturated/α-hetero) is 1. The van der Waals surface area contributed by atoms with Crippen molar-refractivity contribution in [3.8, 4) is 0 Å². The first kappa shape index (κ1) is 50.1. The SMILES string of the molecule is CC.CC.CC(C)(C)C.CC(C)C(NC(=O)NCC(=O)OCc1ccccc1)C(=O)N1CCC(C)C1C(=O)NC(CC1CC1)C(=O)C(N)=O.CCC. The normalized spacial score (nSPS) is 17.0. The van der Waals surface area contributed by atoms with E-state index in [2.05, 4.69) is 57.5 Å². The molecule has 3 rings (SSSR count). The number of carbonyl (C=O) groups excluding carboxylic acids is 6. The van der Waals surface area contributed by atoms with Crippen molar-refractivity contribution in [3.05, 3.63) is 35.9 Å². The predicted molar refractivity (Wildman–Crippen MR) is 208 cm³/mol. The van der Waals surface area contributed by atoms with E-state index in [0.29, 0.717) is 18.3 Å². The Bertz CT molecular complexity index is 1210. The second kappa shape index (κ2) is 26.8. The lowest BCUT2D eigenvalue weighted by molar-refractivity contribution is -0.143. The molecule has 1 saturated heterocycles. The fourth-order valence-electron chi connectivity index (χ4n) is 4.77. The minimum atomic E-state index is -1.11. The van der Waals surface area contributed by atoms with Crippen LogP contribution in [-0.4, -0.2) is 71.6 Å². The second-order valence-corrected chi connectivity index (χ2v) is 14.6. The molecule has 0 bridgehead atoms. The number of nitrogens with two attached hydrogens (primary N) is 1. The molecule has 2 fully saturated rings. The van der Waals surface area contributed by atoms with Gasteiger partial charge in [0.25, 0.3) is 5.91 Å². The third kappa shape index (κ3) is 21.4. The third-order valence-corrected chi connectivity index (χ3v) is 7.25. The van der Waals surface area contributed by atoms with Crippen LogP contribution in [0.2, 0.25) is 0 Å². The zero-order chi connectivity index (χ0) is 40.6. The summed E-state index contributed by atoms with van der Waals surface area (Å²) < 4.78 is 5.15. The van der Waals surface area contributed by atoms with E-state index >= 15 is 0 Å². The summed E-state index contributed by atoms with van der Waals surface area (Å²) in [5, 5.41) is 7.68. The van der Waals surface area contributed by atoms with Crippen LogP contribution in [0.25, 0.3) is 0 Å². The molecule has 1 heterocycles. The number of hydrogen-bond acceptors (Lipinski definition) is 7. The molecule has 2 aliphatic rings. The van der Waals surface area contributed by atoms with Gasteiger partial charge in [-0.05, 0) is 41.6 Å². The van der Waals surface area contributed by atoms with Crippen molar-refractivity contribution >= 4 is 35.5 Å². The van der Waals surface area contributed by atoms with Crippen LogP contribution in [0.3, 0.4) is 0 Å². The highest BCUT2D eigenvalue weighted by Crippen LogP contribution is 2.34. The zero-order valence-electron chi connectivity index (χ0n) is 34.4. The van der Waals surface area contributed by atoms with E-state index in [9.17, 15) is 28.8 Å². The lowest BCUT2D eigenvalue weighted by Crippen LogP contribution is -2.59. The van der Waals surface area contributed by atoms with Crippen molar-refractivity contribution in [1.29, 1.82) is 0 Å². The van der Waals surface area contributed by atoms with Gasteiger partial charge >= 0.3 is 12.0 Å². The molecular weight excluding hydrogens is 662 g/mol. The summed E-state index contributed by atoms with van der Waals surface area (Å²) in [4.78, 5) is 76.8. The summed E-state index contributed by atoms with van der Waals surface area (Å²) in [6.07, 6.45) is 3.95.